The molecule has 3 N–H and O–H groups in total. The van der Waals surface area contributed by atoms with Crippen LogP contribution < -0.4 is 10.6 Å². The van der Waals surface area contributed by atoms with Gasteiger partial charge >= 0.3 is 0 Å². The van der Waals surface area contributed by atoms with Crippen molar-refractivity contribution in [3.63, 3.8) is 0 Å². The zero-order valence-corrected chi connectivity index (χ0v) is 10.2. The highest BCUT2D eigenvalue weighted by molar-refractivity contribution is 7.80. The molecule has 92 valence electrons. The quantitative estimate of drug-likeness (QED) is 0.726. The van der Waals surface area contributed by atoms with E-state index in [-0.39, 0.29) is 11.6 Å². The Kier molecular flexibility index (Phi) is 3.74. The van der Waals surface area contributed by atoms with Crippen LogP contribution in [-0.2, 0) is 0 Å². The van der Waals surface area contributed by atoms with Gasteiger partial charge in [-0.15, -0.1) is 0 Å². The normalized spacial score (nSPS) is 9.83. The number of phenolic OH excluding ortho intramolecular Hbond substituents is 1. The summed E-state index contributed by atoms with van der Waals surface area (Å²) in [5, 5.41) is 15.4. The van der Waals surface area contributed by atoms with Crippen molar-refractivity contribution in [1.29, 1.82) is 0 Å². The Bertz CT molecular complexity index is 525. The molecular weight excluding hydrogens is 251 g/mol. The van der Waals surface area contributed by atoms with E-state index in [4.69, 9.17) is 12.2 Å². The van der Waals surface area contributed by atoms with Crippen molar-refractivity contribution < 1.29 is 9.50 Å². The molecule has 18 heavy (non-hydrogen) atoms. The van der Waals surface area contributed by atoms with E-state index in [1.807, 2.05) is 0 Å². The van der Waals surface area contributed by atoms with Crippen LogP contribution in [-0.4, -0.2) is 10.2 Å². The first-order valence-corrected chi connectivity index (χ1v) is 5.67. The molecule has 0 saturated heterocycles. The second kappa shape index (κ2) is 5.46. The molecule has 0 bridgehead atoms. The predicted molar refractivity (Wildman–Crippen MR) is 74.4 cm³/mol. The number of anilines is 2. The largest absolute Gasteiger partial charge is 0.508 e. The molecule has 0 aromatic heterocycles. The van der Waals surface area contributed by atoms with Crippen molar-refractivity contribution >= 4 is 28.7 Å². The lowest BCUT2D eigenvalue weighted by molar-refractivity contribution is 0.475. The smallest absolute Gasteiger partial charge is 0.175 e. The van der Waals surface area contributed by atoms with Gasteiger partial charge in [0.05, 0.1) is 0 Å². The summed E-state index contributed by atoms with van der Waals surface area (Å²) in [6.07, 6.45) is 0. The van der Waals surface area contributed by atoms with Crippen LogP contribution in [0, 0.1) is 5.82 Å². The molecule has 2 rings (SSSR count). The van der Waals surface area contributed by atoms with Gasteiger partial charge in [-0.2, -0.15) is 0 Å². The topological polar surface area (TPSA) is 44.3 Å². The first kappa shape index (κ1) is 12.3. The second-order valence-corrected chi connectivity index (χ2v) is 4.05. The molecule has 0 spiro atoms. The number of thiocarbonyl (C=S) groups is 1. The highest BCUT2D eigenvalue weighted by atomic mass is 32.1. The van der Waals surface area contributed by atoms with E-state index in [9.17, 15) is 9.50 Å². The maximum atomic E-state index is 13.0. The molecule has 2 aromatic carbocycles. The first-order chi connectivity index (χ1) is 8.63. The summed E-state index contributed by atoms with van der Waals surface area (Å²) in [6.45, 7) is 0. The summed E-state index contributed by atoms with van der Waals surface area (Å²) in [4.78, 5) is 0. The number of hydrogen-bond acceptors (Lipinski definition) is 2. The third-order valence-electron chi connectivity index (χ3n) is 2.19. The number of hydrogen-bond donors (Lipinski definition) is 3. The fourth-order valence-electron chi connectivity index (χ4n) is 1.44. The standard InChI is InChI=1S/C13H11FN2OS/c14-9-3-1-4-10(7-9)15-13(18)16-11-5-2-6-12(17)8-11/h1-8,17H,(H2,15,16,18). The third-order valence-corrected chi connectivity index (χ3v) is 2.39. The van der Waals surface area contributed by atoms with Crippen molar-refractivity contribution in [2.75, 3.05) is 10.6 Å². The monoisotopic (exact) mass is 262 g/mol. The van der Waals surface area contributed by atoms with Gasteiger partial charge in [0.15, 0.2) is 5.11 Å². The molecule has 0 amide bonds. The number of rotatable bonds is 2. The summed E-state index contributed by atoms with van der Waals surface area (Å²) in [6, 6.07) is 12.6. The number of aromatic hydroxyl groups is 1. The van der Waals surface area contributed by atoms with E-state index in [0.717, 1.165) is 0 Å². The summed E-state index contributed by atoms with van der Waals surface area (Å²) < 4.78 is 13.0. The minimum absolute atomic E-state index is 0.147. The SMILES string of the molecule is Oc1cccc(NC(=S)Nc2cccc(F)c2)c1. The third kappa shape index (κ3) is 3.43. The van der Waals surface area contributed by atoms with E-state index in [1.165, 1.54) is 12.1 Å². The summed E-state index contributed by atoms with van der Waals surface area (Å²) in [5.41, 5.74) is 1.22. The van der Waals surface area contributed by atoms with Crippen molar-refractivity contribution in [3.05, 3.63) is 54.3 Å². The predicted octanol–water partition coefficient (Wildman–Crippen LogP) is 3.34. The van der Waals surface area contributed by atoms with Crippen LogP contribution in [0.15, 0.2) is 48.5 Å². The van der Waals surface area contributed by atoms with Crippen LogP contribution >= 0.6 is 12.2 Å². The first-order valence-electron chi connectivity index (χ1n) is 5.26. The van der Waals surface area contributed by atoms with Crippen LogP contribution in [0.25, 0.3) is 0 Å². The molecule has 0 radical (unpaired) electrons. The lowest BCUT2D eigenvalue weighted by Crippen LogP contribution is -2.18. The van der Waals surface area contributed by atoms with Gasteiger partial charge in [-0.25, -0.2) is 4.39 Å². The van der Waals surface area contributed by atoms with Crippen molar-refractivity contribution in [1.82, 2.24) is 0 Å². The molecule has 0 heterocycles. The summed E-state index contributed by atoms with van der Waals surface area (Å²) in [7, 11) is 0. The highest BCUT2D eigenvalue weighted by Crippen LogP contribution is 2.16. The van der Waals surface area contributed by atoms with Gasteiger partial charge in [0, 0.05) is 17.4 Å². The van der Waals surface area contributed by atoms with Gasteiger partial charge in [0.2, 0.25) is 0 Å². The molecule has 0 saturated carbocycles. The van der Waals surface area contributed by atoms with Crippen LogP contribution in [0.5, 0.6) is 5.75 Å². The molecule has 0 aliphatic carbocycles. The fraction of sp³-hybridized carbons (Fsp3) is 0. The molecule has 5 heteroatoms. The molecule has 0 atom stereocenters. The second-order valence-electron chi connectivity index (χ2n) is 3.64. The highest BCUT2D eigenvalue weighted by Gasteiger charge is 2.00. The molecule has 0 aliphatic heterocycles. The molecule has 2 aromatic rings. The molecule has 0 aliphatic rings. The summed E-state index contributed by atoms with van der Waals surface area (Å²) >= 11 is 5.08. The Morgan fingerprint density at radius 3 is 2.22 bits per heavy atom. The van der Waals surface area contributed by atoms with E-state index in [1.54, 1.807) is 36.4 Å². The van der Waals surface area contributed by atoms with E-state index in [2.05, 4.69) is 10.6 Å². The number of halogens is 1. The van der Waals surface area contributed by atoms with Crippen LogP contribution in [0.1, 0.15) is 0 Å². The minimum atomic E-state index is -0.333. The maximum absolute atomic E-state index is 13.0. The van der Waals surface area contributed by atoms with Crippen LogP contribution in [0.3, 0.4) is 0 Å². The molecule has 0 unspecified atom stereocenters. The van der Waals surface area contributed by atoms with Gasteiger partial charge in [-0.05, 0) is 42.5 Å². The zero-order valence-electron chi connectivity index (χ0n) is 9.35. The molecular formula is C13H11FN2OS. The van der Waals surface area contributed by atoms with E-state index < -0.39 is 0 Å². The minimum Gasteiger partial charge on any atom is -0.508 e. The van der Waals surface area contributed by atoms with E-state index in [0.29, 0.717) is 16.5 Å². The molecule has 3 nitrogen and oxygen atoms in total. The van der Waals surface area contributed by atoms with Crippen molar-refractivity contribution in [2.45, 2.75) is 0 Å². The van der Waals surface area contributed by atoms with Crippen molar-refractivity contribution in [2.24, 2.45) is 0 Å². The Morgan fingerprint density at radius 1 is 1.00 bits per heavy atom. The average molecular weight is 262 g/mol. The fourth-order valence-corrected chi connectivity index (χ4v) is 1.68. The van der Waals surface area contributed by atoms with E-state index >= 15 is 0 Å². The molecule has 0 fully saturated rings. The number of nitrogens with one attached hydrogen (secondary N) is 2. The van der Waals surface area contributed by atoms with Crippen LogP contribution in [0.4, 0.5) is 15.8 Å². The van der Waals surface area contributed by atoms with Crippen LogP contribution in [0.2, 0.25) is 0 Å². The van der Waals surface area contributed by atoms with Crippen molar-refractivity contribution in [3.8, 4) is 5.75 Å². The van der Waals surface area contributed by atoms with Gasteiger partial charge in [0.1, 0.15) is 11.6 Å². The Morgan fingerprint density at radius 2 is 1.61 bits per heavy atom. The van der Waals surface area contributed by atoms with Gasteiger partial charge in [-0.3, -0.25) is 0 Å². The number of phenols is 1. The lowest BCUT2D eigenvalue weighted by atomic mass is 10.3. The Balaban J connectivity index is 2.01. The maximum Gasteiger partial charge on any atom is 0.175 e. The van der Waals surface area contributed by atoms with Gasteiger partial charge in [0.25, 0.3) is 0 Å². The lowest BCUT2D eigenvalue weighted by Gasteiger charge is -2.10. The summed E-state index contributed by atoms with van der Waals surface area (Å²) in [5.74, 6) is -0.186. The Hall–Kier alpha value is -2.14. The number of benzene rings is 2. The zero-order chi connectivity index (χ0) is 13.0. The van der Waals surface area contributed by atoms with Gasteiger partial charge < -0.3 is 15.7 Å². The Labute approximate surface area is 109 Å². The van der Waals surface area contributed by atoms with Gasteiger partial charge in [-0.1, -0.05) is 12.1 Å². The average Bonchev–Trinajstić information content (AvgIpc) is 2.28.